The van der Waals surface area contributed by atoms with Gasteiger partial charge in [0.15, 0.2) is 11.6 Å². The molecule has 0 spiro atoms. The molecule has 2 aromatic carbocycles. The summed E-state index contributed by atoms with van der Waals surface area (Å²) in [6, 6.07) is 11.1. The lowest BCUT2D eigenvalue weighted by Gasteiger charge is -2.14. The van der Waals surface area contributed by atoms with E-state index in [9.17, 15) is 8.78 Å². The Kier molecular flexibility index (Phi) is 4.69. The van der Waals surface area contributed by atoms with Crippen LogP contribution in [0.5, 0.6) is 5.75 Å². The van der Waals surface area contributed by atoms with Gasteiger partial charge in [0, 0.05) is 6.04 Å². The average molecular weight is 277 g/mol. The zero-order valence-electron chi connectivity index (χ0n) is 11.3. The Morgan fingerprint density at radius 2 is 1.90 bits per heavy atom. The number of hydrogen-bond donors (Lipinski definition) is 1. The van der Waals surface area contributed by atoms with Crippen molar-refractivity contribution in [2.75, 3.05) is 6.61 Å². The molecule has 0 radical (unpaired) electrons. The monoisotopic (exact) mass is 277 g/mol. The Morgan fingerprint density at radius 1 is 1.15 bits per heavy atom. The quantitative estimate of drug-likeness (QED) is 0.906. The molecule has 106 valence electrons. The molecule has 0 aliphatic carbocycles. The molecule has 1 unspecified atom stereocenters. The Labute approximate surface area is 117 Å². The van der Waals surface area contributed by atoms with Crippen molar-refractivity contribution in [1.29, 1.82) is 0 Å². The van der Waals surface area contributed by atoms with Crippen LogP contribution in [0.1, 0.15) is 24.1 Å². The van der Waals surface area contributed by atoms with Gasteiger partial charge in [0.1, 0.15) is 5.75 Å². The third-order valence-electron chi connectivity index (χ3n) is 3.07. The molecule has 2 nitrogen and oxygen atoms in total. The van der Waals surface area contributed by atoms with Crippen LogP contribution < -0.4 is 10.5 Å². The molecule has 0 bridgehead atoms. The van der Waals surface area contributed by atoms with Crippen molar-refractivity contribution >= 4 is 0 Å². The minimum atomic E-state index is -0.849. The Balaban J connectivity index is 2.17. The summed E-state index contributed by atoms with van der Waals surface area (Å²) in [6.45, 7) is 2.46. The van der Waals surface area contributed by atoms with E-state index in [2.05, 4.69) is 0 Å². The first-order valence-electron chi connectivity index (χ1n) is 6.53. The summed E-state index contributed by atoms with van der Waals surface area (Å²) in [5, 5.41) is 0. The Hall–Kier alpha value is -1.94. The lowest BCUT2D eigenvalue weighted by Crippen LogP contribution is -2.14. The summed E-state index contributed by atoms with van der Waals surface area (Å²) in [5.41, 5.74) is 7.18. The van der Waals surface area contributed by atoms with Gasteiger partial charge in [-0.05, 0) is 42.7 Å². The average Bonchev–Trinajstić information content (AvgIpc) is 2.44. The van der Waals surface area contributed by atoms with Gasteiger partial charge >= 0.3 is 0 Å². The van der Waals surface area contributed by atoms with Crippen molar-refractivity contribution in [2.45, 2.75) is 19.4 Å². The summed E-state index contributed by atoms with van der Waals surface area (Å²) in [6.07, 6.45) is 0.235. The first-order valence-corrected chi connectivity index (χ1v) is 6.53. The van der Waals surface area contributed by atoms with Crippen LogP contribution >= 0.6 is 0 Å². The van der Waals surface area contributed by atoms with Gasteiger partial charge in [0.05, 0.1) is 6.61 Å². The SMILES string of the molecule is CCOc1cccc(C(N)Cc2cccc(F)c2F)c1. The minimum absolute atomic E-state index is 0.235. The maximum absolute atomic E-state index is 13.6. The fraction of sp³-hybridized carbons (Fsp3) is 0.250. The van der Waals surface area contributed by atoms with E-state index >= 15 is 0 Å². The van der Waals surface area contributed by atoms with Gasteiger partial charge < -0.3 is 10.5 Å². The van der Waals surface area contributed by atoms with E-state index in [4.69, 9.17) is 10.5 Å². The molecule has 2 N–H and O–H groups in total. The van der Waals surface area contributed by atoms with Gasteiger partial charge in [0.2, 0.25) is 0 Å². The molecule has 0 aromatic heterocycles. The summed E-state index contributed by atoms with van der Waals surface area (Å²) >= 11 is 0. The molecule has 2 aromatic rings. The molecule has 0 aliphatic rings. The number of rotatable bonds is 5. The number of benzene rings is 2. The predicted molar refractivity (Wildman–Crippen MR) is 74.6 cm³/mol. The van der Waals surface area contributed by atoms with E-state index < -0.39 is 17.7 Å². The highest BCUT2D eigenvalue weighted by atomic mass is 19.2. The number of nitrogens with two attached hydrogens (primary N) is 1. The molecule has 0 fully saturated rings. The summed E-state index contributed by atoms with van der Waals surface area (Å²) in [5.74, 6) is -0.957. The molecule has 0 saturated heterocycles. The summed E-state index contributed by atoms with van der Waals surface area (Å²) in [4.78, 5) is 0. The summed E-state index contributed by atoms with van der Waals surface area (Å²) in [7, 11) is 0. The van der Waals surface area contributed by atoms with E-state index in [1.807, 2.05) is 31.2 Å². The van der Waals surface area contributed by atoms with Gasteiger partial charge in [-0.15, -0.1) is 0 Å². The molecule has 1 atom stereocenters. The van der Waals surface area contributed by atoms with Crippen molar-refractivity contribution in [3.8, 4) is 5.75 Å². The standard InChI is InChI=1S/C16H17F2NO/c1-2-20-13-7-3-5-11(9-13)15(19)10-12-6-4-8-14(17)16(12)18/h3-9,15H,2,10,19H2,1H3. The van der Waals surface area contributed by atoms with Crippen molar-refractivity contribution in [3.63, 3.8) is 0 Å². The van der Waals surface area contributed by atoms with Gasteiger partial charge in [-0.25, -0.2) is 8.78 Å². The van der Waals surface area contributed by atoms with Crippen molar-refractivity contribution < 1.29 is 13.5 Å². The number of hydrogen-bond acceptors (Lipinski definition) is 2. The van der Waals surface area contributed by atoms with E-state index in [1.165, 1.54) is 6.07 Å². The third-order valence-corrected chi connectivity index (χ3v) is 3.07. The molecule has 2 rings (SSSR count). The van der Waals surface area contributed by atoms with Crippen molar-refractivity contribution in [2.24, 2.45) is 5.73 Å². The van der Waals surface area contributed by atoms with Crippen molar-refractivity contribution in [1.82, 2.24) is 0 Å². The molecular weight excluding hydrogens is 260 g/mol. The predicted octanol–water partition coefficient (Wildman–Crippen LogP) is 3.61. The second kappa shape index (κ2) is 6.48. The lowest BCUT2D eigenvalue weighted by atomic mass is 9.99. The van der Waals surface area contributed by atoms with Gasteiger partial charge in [-0.1, -0.05) is 24.3 Å². The van der Waals surface area contributed by atoms with E-state index in [0.717, 1.165) is 17.4 Å². The molecule has 0 heterocycles. The molecule has 0 amide bonds. The second-order valence-corrected chi connectivity index (χ2v) is 4.53. The van der Waals surface area contributed by atoms with Crippen LogP contribution in [-0.2, 0) is 6.42 Å². The third kappa shape index (κ3) is 3.33. The maximum atomic E-state index is 13.6. The maximum Gasteiger partial charge on any atom is 0.162 e. The normalized spacial score (nSPS) is 12.2. The molecule has 0 saturated carbocycles. The lowest BCUT2D eigenvalue weighted by molar-refractivity contribution is 0.339. The largest absolute Gasteiger partial charge is 0.494 e. The summed E-state index contributed by atoms with van der Waals surface area (Å²) < 4.78 is 32.2. The van der Waals surface area contributed by atoms with Crippen molar-refractivity contribution in [3.05, 3.63) is 65.2 Å². The van der Waals surface area contributed by atoms with Gasteiger partial charge in [-0.2, -0.15) is 0 Å². The first-order chi connectivity index (χ1) is 9.61. The van der Waals surface area contributed by atoms with Crippen LogP contribution in [0.3, 0.4) is 0 Å². The molecule has 20 heavy (non-hydrogen) atoms. The minimum Gasteiger partial charge on any atom is -0.494 e. The second-order valence-electron chi connectivity index (χ2n) is 4.53. The number of ether oxygens (including phenoxy) is 1. The smallest absolute Gasteiger partial charge is 0.162 e. The van der Waals surface area contributed by atoms with Gasteiger partial charge in [-0.3, -0.25) is 0 Å². The van der Waals surface area contributed by atoms with E-state index in [-0.39, 0.29) is 12.0 Å². The molecular formula is C16H17F2NO. The fourth-order valence-corrected chi connectivity index (χ4v) is 2.06. The zero-order chi connectivity index (χ0) is 14.5. The van der Waals surface area contributed by atoms with Crippen LogP contribution in [0.4, 0.5) is 8.78 Å². The van der Waals surface area contributed by atoms with E-state index in [0.29, 0.717) is 6.61 Å². The first kappa shape index (κ1) is 14.5. The number of halogens is 2. The van der Waals surface area contributed by atoms with Crippen LogP contribution in [-0.4, -0.2) is 6.61 Å². The van der Waals surface area contributed by atoms with Crippen LogP contribution in [0.15, 0.2) is 42.5 Å². The van der Waals surface area contributed by atoms with Crippen LogP contribution in [0.2, 0.25) is 0 Å². The van der Waals surface area contributed by atoms with E-state index in [1.54, 1.807) is 6.07 Å². The highest BCUT2D eigenvalue weighted by molar-refractivity contribution is 5.32. The molecule has 0 aliphatic heterocycles. The highest BCUT2D eigenvalue weighted by Crippen LogP contribution is 2.22. The Bertz CT molecular complexity index is 586. The fourth-order valence-electron chi connectivity index (χ4n) is 2.06. The van der Waals surface area contributed by atoms with Gasteiger partial charge in [0.25, 0.3) is 0 Å². The molecule has 4 heteroatoms. The van der Waals surface area contributed by atoms with Crippen LogP contribution in [0, 0.1) is 11.6 Å². The Morgan fingerprint density at radius 3 is 2.65 bits per heavy atom. The topological polar surface area (TPSA) is 35.2 Å². The highest BCUT2D eigenvalue weighted by Gasteiger charge is 2.13. The van der Waals surface area contributed by atoms with Crippen LogP contribution in [0.25, 0.3) is 0 Å². The zero-order valence-corrected chi connectivity index (χ0v) is 11.3.